The van der Waals surface area contributed by atoms with Crippen molar-refractivity contribution >= 4 is 11.9 Å². The first kappa shape index (κ1) is 50.9. The average molecular weight is 862 g/mol. The summed E-state index contributed by atoms with van der Waals surface area (Å²) in [5.41, 5.74) is -4.31. The van der Waals surface area contributed by atoms with Gasteiger partial charge in [0.1, 0.15) is 0 Å². The minimum absolute atomic E-state index is 0.349. The lowest BCUT2D eigenvalue weighted by molar-refractivity contribution is -0.440. The van der Waals surface area contributed by atoms with Gasteiger partial charge < -0.3 is 9.47 Å². The van der Waals surface area contributed by atoms with Gasteiger partial charge in [-0.1, -0.05) is 6.58 Å². The van der Waals surface area contributed by atoms with E-state index in [0.717, 1.165) is 0 Å². The highest BCUT2D eigenvalue weighted by Crippen LogP contribution is 2.62. The van der Waals surface area contributed by atoms with Crippen LogP contribution in [0, 0.1) is 12.3 Å². The van der Waals surface area contributed by atoms with Gasteiger partial charge in [-0.2, -0.15) is 114 Å². The Hall–Kier alpha value is -3.14. The number of hydrogen-bond donors (Lipinski definition) is 0. The maximum atomic E-state index is 13.8. The van der Waals surface area contributed by atoms with E-state index >= 15 is 0 Å². The van der Waals surface area contributed by atoms with Crippen molar-refractivity contribution in [3.63, 3.8) is 0 Å². The van der Waals surface area contributed by atoms with Crippen LogP contribution in [-0.4, -0.2) is 96.7 Å². The van der Waals surface area contributed by atoms with Crippen molar-refractivity contribution in [1.82, 2.24) is 0 Å². The summed E-state index contributed by atoms with van der Waals surface area (Å²) in [6.07, 6.45) is -23.1. The van der Waals surface area contributed by atoms with Gasteiger partial charge in [-0.3, -0.25) is 4.79 Å². The number of carbonyl (C=O) groups is 2. The monoisotopic (exact) mass is 862 g/mol. The Labute approximate surface area is 281 Å². The summed E-state index contributed by atoms with van der Waals surface area (Å²) in [7, 11) is 0. The van der Waals surface area contributed by atoms with Gasteiger partial charge in [-0.05, 0) is 20.3 Å². The van der Waals surface area contributed by atoms with Gasteiger partial charge in [0.15, 0.2) is 0 Å². The Balaban J connectivity index is 5.67. The lowest BCUT2D eigenvalue weighted by Crippen LogP contribution is -2.70. The molecule has 1 unspecified atom stereocenters. The second-order valence-corrected chi connectivity index (χ2v) is 11.0. The van der Waals surface area contributed by atoms with Crippen LogP contribution in [0.5, 0.6) is 0 Å². The van der Waals surface area contributed by atoms with E-state index in [0.29, 0.717) is 6.92 Å². The zero-order valence-electron chi connectivity index (χ0n) is 25.3. The van der Waals surface area contributed by atoms with Gasteiger partial charge in [0.25, 0.3) is 0 Å². The average Bonchev–Trinajstić information content (AvgIpc) is 2.94. The van der Waals surface area contributed by atoms with Crippen molar-refractivity contribution in [1.29, 1.82) is 0 Å². The molecule has 0 aliphatic heterocycles. The first-order valence-corrected chi connectivity index (χ1v) is 12.9. The molecular weight excluding hydrogens is 846 g/mol. The zero-order valence-corrected chi connectivity index (χ0v) is 25.3. The molecule has 30 heteroatoms. The third kappa shape index (κ3) is 8.34. The van der Waals surface area contributed by atoms with E-state index in [-0.39, 0.29) is 0 Å². The molecule has 0 saturated heterocycles. The van der Waals surface area contributed by atoms with Crippen LogP contribution < -0.4 is 0 Å². The molecule has 4 nitrogen and oxygen atoms in total. The van der Waals surface area contributed by atoms with Crippen molar-refractivity contribution in [2.45, 2.75) is 97.8 Å². The van der Waals surface area contributed by atoms with Gasteiger partial charge in [0, 0.05) is 5.57 Å². The Morgan fingerprint density at radius 1 is 0.463 bits per heavy atom. The molecule has 0 spiro atoms. The highest BCUT2D eigenvalue weighted by Gasteiger charge is 2.92. The summed E-state index contributed by atoms with van der Waals surface area (Å²) in [5.74, 6) is -82.4. The molecule has 0 aliphatic carbocycles. The van der Waals surface area contributed by atoms with E-state index < -0.39 is 127 Å². The Morgan fingerprint density at radius 3 is 1.00 bits per heavy atom. The highest BCUT2D eigenvalue weighted by atomic mass is 19.4. The molecule has 0 fully saturated rings. The molecule has 318 valence electrons. The number of halogens is 26. The quantitative estimate of drug-likeness (QED) is 0.0783. The number of ether oxygens (including phenoxy) is 2. The molecule has 0 rings (SSSR count). The number of carbonyl (C=O) groups excluding carboxylic acids is 2. The molecular formula is C24H16F26O4. The number of esters is 2. The molecule has 0 amide bonds. The minimum Gasteiger partial charge on any atom is -0.465 e. The normalized spacial score (nSPS) is 15.6. The molecule has 0 N–H and O–H groups in total. The van der Waals surface area contributed by atoms with Gasteiger partial charge in [0.05, 0.1) is 31.5 Å². The predicted molar refractivity (Wildman–Crippen MR) is 119 cm³/mol. The smallest absolute Gasteiger partial charge is 0.460 e. The molecule has 1 atom stereocenters. The second-order valence-electron chi connectivity index (χ2n) is 11.0. The number of rotatable bonds is 18. The fourth-order valence-corrected chi connectivity index (χ4v) is 3.32. The van der Waals surface area contributed by atoms with Crippen molar-refractivity contribution < 1.29 is 133 Å². The molecule has 0 aromatic carbocycles. The van der Waals surface area contributed by atoms with E-state index in [4.69, 9.17) is 6.92 Å². The van der Waals surface area contributed by atoms with Crippen LogP contribution in [0.15, 0.2) is 12.2 Å². The molecule has 0 heterocycles. The van der Waals surface area contributed by atoms with Crippen molar-refractivity contribution in [3.05, 3.63) is 19.1 Å². The van der Waals surface area contributed by atoms with Crippen molar-refractivity contribution in [3.8, 4) is 0 Å². The largest absolute Gasteiger partial charge is 0.465 e. The summed E-state index contributed by atoms with van der Waals surface area (Å²) < 4.78 is 349. The summed E-state index contributed by atoms with van der Waals surface area (Å²) in [6, 6.07) is 0. The maximum absolute atomic E-state index is 13.8. The summed E-state index contributed by atoms with van der Waals surface area (Å²) >= 11 is 0. The van der Waals surface area contributed by atoms with Gasteiger partial charge in [-0.25, -0.2) is 4.79 Å². The van der Waals surface area contributed by atoms with Gasteiger partial charge in [0.2, 0.25) is 0 Å². The summed E-state index contributed by atoms with van der Waals surface area (Å²) in [4.78, 5) is 23.9. The van der Waals surface area contributed by atoms with E-state index in [1.807, 2.05) is 0 Å². The third-order valence-electron chi connectivity index (χ3n) is 6.63. The number of hydrogen-bond acceptors (Lipinski definition) is 4. The van der Waals surface area contributed by atoms with E-state index in [1.165, 1.54) is 0 Å². The van der Waals surface area contributed by atoms with Crippen LogP contribution in [0.3, 0.4) is 0 Å². The molecule has 0 saturated carbocycles. The standard InChI is InChI=1S/C24H16F26O4/c1-9(10(51)53-6-4-13(25,26)15(29,30)17(33,34)19(37,38)21(41,42)23(45,46)47)8-12(2,3)11(52)54-7-5-14(27,28)16(31,32)18(35,36)20(39,40)22(43,44)24(48,49)50/h2H,1,4-8H2,3H3. The molecule has 0 bridgehead atoms. The van der Waals surface area contributed by atoms with Crippen LogP contribution in [0.25, 0.3) is 0 Å². The molecule has 0 aliphatic rings. The topological polar surface area (TPSA) is 52.6 Å². The second kappa shape index (κ2) is 14.4. The first-order valence-electron chi connectivity index (χ1n) is 12.9. The molecule has 2 radical (unpaired) electrons. The highest BCUT2D eigenvalue weighted by molar-refractivity contribution is 5.89. The Morgan fingerprint density at radius 2 is 0.722 bits per heavy atom. The van der Waals surface area contributed by atoms with E-state index in [9.17, 15) is 124 Å². The fourth-order valence-electron chi connectivity index (χ4n) is 3.32. The van der Waals surface area contributed by atoms with Crippen LogP contribution >= 0.6 is 0 Å². The molecule has 0 aromatic rings. The zero-order chi connectivity index (χ0) is 44.2. The van der Waals surface area contributed by atoms with Crippen LogP contribution in [-0.2, 0) is 19.1 Å². The van der Waals surface area contributed by atoms with E-state index in [2.05, 4.69) is 16.1 Å². The lowest BCUT2D eigenvalue weighted by Gasteiger charge is -2.39. The fraction of sp³-hybridized carbons (Fsp3) is 0.792. The van der Waals surface area contributed by atoms with Crippen LogP contribution in [0.4, 0.5) is 114 Å². The van der Waals surface area contributed by atoms with Crippen LogP contribution in [0.1, 0.15) is 26.2 Å². The lowest BCUT2D eigenvalue weighted by atomic mass is 9.86. The van der Waals surface area contributed by atoms with Gasteiger partial charge >= 0.3 is 83.5 Å². The predicted octanol–water partition coefficient (Wildman–Crippen LogP) is 9.99. The molecule has 54 heavy (non-hydrogen) atoms. The minimum atomic E-state index is -8.25. The van der Waals surface area contributed by atoms with Gasteiger partial charge in [-0.15, -0.1) is 0 Å². The summed E-state index contributed by atoms with van der Waals surface area (Å²) in [5, 5.41) is 0. The van der Waals surface area contributed by atoms with Crippen LogP contribution in [0.2, 0.25) is 0 Å². The maximum Gasteiger partial charge on any atom is 0.460 e. The SMILES string of the molecule is [CH]C(C)(CC(=C)C(=O)OCCC(F)(F)C(F)(F)C(F)(F)C(F)(F)C(F)(F)C(F)(F)F)C(=O)OCCC(F)(F)C(F)(F)C(F)(F)C(F)(F)C(F)(F)C(F)(F)F. The first-order chi connectivity index (χ1) is 23.1. The van der Waals surface area contributed by atoms with E-state index in [1.54, 1.807) is 0 Å². The van der Waals surface area contributed by atoms with Crippen molar-refractivity contribution in [2.75, 3.05) is 13.2 Å². The van der Waals surface area contributed by atoms with Crippen molar-refractivity contribution in [2.24, 2.45) is 5.41 Å². The third-order valence-corrected chi connectivity index (χ3v) is 6.63. The summed E-state index contributed by atoms with van der Waals surface area (Å²) in [6.45, 7) is 3.63. The molecule has 0 aromatic heterocycles. The Bertz CT molecular complexity index is 1370. The number of alkyl halides is 26. The Kier molecular flexibility index (Phi) is 13.6.